The van der Waals surface area contributed by atoms with Crippen molar-refractivity contribution in [3.05, 3.63) is 22.4 Å². The molecule has 1 aliphatic heterocycles. The van der Waals surface area contributed by atoms with E-state index < -0.39 is 6.04 Å². The zero-order valence-corrected chi connectivity index (χ0v) is 11.9. The molecule has 1 saturated heterocycles. The summed E-state index contributed by atoms with van der Waals surface area (Å²) in [5.41, 5.74) is 6.48. The minimum Gasteiger partial charge on any atom is -0.338 e. The number of carbonyl (C=O) groups excluding carboxylic acids is 2. The number of piperazine rings is 1. The zero-order valence-electron chi connectivity index (χ0n) is 11.0. The summed E-state index contributed by atoms with van der Waals surface area (Å²) in [6, 6.07) is 1.41. The van der Waals surface area contributed by atoms with Crippen LogP contribution in [0.3, 0.4) is 0 Å². The third-order valence-electron chi connectivity index (χ3n) is 3.40. The quantitative estimate of drug-likeness (QED) is 0.890. The largest absolute Gasteiger partial charge is 0.338 e. The highest BCUT2D eigenvalue weighted by Crippen LogP contribution is 2.12. The predicted molar refractivity (Wildman–Crippen MR) is 75.1 cm³/mol. The van der Waals surface area contributed by atoms with Crippen molar-refractivity contribution in [1.29, 1.82) is 0 Å². The Balaban J connectivity index is 1.89. The van der Waals surface area contributed by atoms with E-state index in [1.807, 2.05) is 23.8 Å². The summed E-state index contributed by atoms with van der Waals surface area (Å²) in [6.45, 7) is 4.21. The lowest BCUT2D eigenvalue weighted by atomic mass is 10.2. The Hall–Kier alpha value is -1.40. The van der Waals surface area contributed by atoms with Crippen LogP contribution in [0.25, 0.3) is 0 Å². The normalized spacial score (nSPS) is 17.4. The second kappa shape index (κ2) is 6.16. The second-order valence-electron chi connectivity index (χ2n) is 4.64. The highest BCUT2D eigenvalue weighted by atomic mass is 32.1. The van der Waals surface area contributed by atoms with Crippen LogP contribution in [0.5, 0.6) is 0 Å². The molecule has 1 fully saturated rings. The number of nitrogens with zero attached hydrogens (tertiary/aromatic N) is 2. The van der Waals surface area contributed by atoms with Gasteiger partial charge in [0.2, 0.25) is 5.91 Å². The van der Waals surface area contributed by atoms with Gasteiger partial charge in [-0.05, 0) is 17.9 Å². The van der Waals surface area contributed by atoms with Crippen LogP contribution in [0.1, 0.15) is 23.7 Å². The van der Waals surface area contributed by atoms with Gasteiger partial charge in [0, 0.05) is 31.6 Å². The fourth-order valence-corrected chi connectivity index (χ4v) is 2.74. The topological polar surface area (TPSA) is 66.6 Å². The molecule has 5 nitrogen and oxygen atoms in total. The Morgan fingerprint density at radius 3 is 2.47 bits per heavy atom. The van der Waals surface area contributed by atoms with Crippen LogP contribution in [-0.2, 0) is 4.79 Å². The highest BCUT2D eigenvalue weighted by molar-refractivity contribution is 7.08. The summed E-state index contributed by atoms with van der Waals surface area (Å²) < 4.78 is 0. The molecule has 1 aromatic rings. The first-order valence-corrected chi connectivity index (χ1v) is 7.43. The molecule has 19 heavy (non-hydrogen) atoms. The molecule has 0 bridgehead atoms. The maximum absolute atomic E-state index is 12.1. The summed E-state index contributed by atoms with van der Waals surface area (Å²) in [5.74, 6) is 0.0401. The molecule has 0 aromatic carbocycles. The highest BCUT2D eigenvalue weighted by Gasteiger charge is 2.26. The molecule has 2 rings (SSSR count). The number of amides is 2. The minimum absolute atomic E-state index is 0.00914. The Morgan fingerprint density at radius 1 is 1.32 bits per heavy atom. The molecule has 1 unspecified atom stereocenters. The summed E-state index contributed by atoms with van der Waals surface area (Å²) in [7, 11) is 0. The third kappa shape index (κ3) is 3.13. The van der Waals surface area contributed by atoms with Gasteiger partial charge in [-0.25, -0.2) is 0 Å². The summed E-state index contributed by atoms with van der Waals surface area (Å²) >= 11 is 1.52. The Bertz CT molecular complexity index is 439. The van der Waals surface area contributed by atoms with Crippen molar-refractivity contribution in [2.75, 3.05) is 26.2 Å². The number of rotatable bonds is 3. The predicted octanol–water partition coefficient (Wildman–Crippen LogP) is 0.770. The van der Waals surface area contributed by atoms with E-state index in [0.29, 0.717) is 32.6 Å². The van der Waals surface area contributed by atoms with E-state index in [9.17, 15) is 9.59 Å². The van der Waals surface area contributed by atoms with Gasteiger partial charge >= 0.3 is 0 Å². The van der Waals surface area contributed by atoms with Gasteiger partial charge < -0.3 is 15.5 Å². The number of carbonyl (C=O) groups is 2. The molecule has 1 aromatic heterocycles. The van der Waals surface area contributed by atoms with Gasteiger partial charge in [-0.3, -0.25) is 9.59 Å². The van der Waals surface area contributed by atoms with Crippen molar-refractivity contribution in [3.63, 3.8) is 0 Å². The van der Waals surface area contributed by atoms with E-state index in [2.05, 4.69) is 0 Å². The lowest BCUT2D eigenvalue weighted by molar-refractivity contribution is -0.134. The first-order valence-electron chi connectivity index (χ1n) is 6.49. The van der Waals surface area contributed by atoms with Crippen LogP contribution in [-0.4, -0.2) is 53.8 Å². The molecular weight excluding hydrogens is 262 g/mol. The molecule has 2 N–H and O–H groups in total. The summed E-state index contributed by atoms with van der Waals surface area (Å²) in [6.07, 6.45) is 0.646. The van der Waals surface area contributed by atoms with Crippen LogP contribution < -0.4 is 5.73 Å². The molecule has 0 spiro atoms. The van der Waals surface area contributed by atoms with Gasteiger partial charge in [-0.15, -0.1) is 0 Å². The summed E-state index contributed by atoms with van der Waals surface area (Å²) in [4.78, 5) is 27.6. The van der Waals surface area contributed by atoms with E-state index in [1.165, 1.54) is 11.3 Å². The van der Waals surface area contributed by atoms with Crippen molar-refractivity contribution < 1.29 is 9.59 Å². The Morgan fingerprint density at radius 2 is 1.95 bits per heavy atom. The average molecular weight is 281 g/mol. The molecule has 6 heteroatoms. The lowest BCUT2D eigenvalue weighted by Crippen LogP contribution is -2.54. The number of hydrogen-bond donors (Lipinski definition) is 1. The minimum atomic E-state index is -0.417. The van der Waals surface area contributed by atoms with Crippen molar-refractivity contribution in [2.24, 2.45) is 5.73 Å². The number of nitrogens with two attached hydrogens (primary N) is 1. The SMILES string of the molecule is CCC(N)C(=O)N1CCN(C(=O)c2ccsc2)CC1. The smallest absolute Gasteiger partial charge is 0.254 e. The maximum Gasteiger partial charge on any atom is 0.254 e. The monoisotopic (exact) mass is 281 g/mol. The Labute approximate surface area is 117 Å². The van der Waals surface area contributed by atoms with Gasteiger partial charge in [0.15, 0.2) is 0 Å². The van der Waals surface area contributed by atoms with Crippen molar-refractivity contribution in [3.8, 4) is 0 Å². The molecule has 0 saturated carbocycles. The van der Waals surface area contributed by atoms with Crippen LogP contribution in [0.2, 0.25) is 0 Å². The fourth-order valence-electron chi connectivity index (χ4n) is 2.11. The van der Waals surface area contributed by atoms with Gasteiger partial charge in [0.1, 0.15) is 0 Å². The van der Waals surface area contributed by atoms with Gasteiger partial charge in [0.05, 0.1) is 11.6 Å². The molecule has 0 aliphatic carbocycles. The molecule has 2 amide bonds. The molecule has 0 radical (unpaired) electrons. The van der Waals surface area contributed by atoms with Crippen molar-refractivity contribution in [2.45, 2.75) is 19.4 Å². The van der Waals surface area contributed by atoms with Crippen molar-refractivity contribution in [1.82, 2.24) is 9.80 Å². The summed E-state index contributed by atoms with van der Waals surface area (Å²) in [5, 5.41) is 3.75. The maximum atomic E-state index is 12.1. The molecule has 2 heterocycles. The van der Waals surface area contributed by atoms with Crippen LogP contribution >= 0.6 is 11.3 Å². The van der Waals surface area contributed by atoms with Crippen LogP contribution in [0.15, 0.2) is 16.8 Å². The van der Waals surface area contributed by atoms with Gasteiger partial charge in [-0.2, -0.15) is 11.3 Å². The Kier molecular flexibility index (Phi) is 4.55. The van der Waals surface area contributed by atoms with E-state index in [1.54, 1.807) is 9.80 Å². The first-order chi connectivity index (χ1) is 9.13. The molecule has 1 aliphatic rings. The van der Waals surface area contributed by atoms with E-state index >= 15 is 0 Å². The van der Waals surface area contributed by atoms with E-state index in [0.717, 1.165) is 5.56 Å². The molecule has 104 valence electrons. The molecule has 1 atom stereocenters. The van der Waals surface area contributed by atoms with Gasteiger partial charge in [0.25, 0.3) is 5.91 Å². The number of hydrogen-bond acceptors (Lipinski definition) is 4. The lowest BCUT2D eigenvalue weighted by Gasteiger charge is -2.35. The van der Waals surface area contributed by atoms with E-state index in [-0.39, 0.29) is 11.8 Å². The second-order valence-corrected chi connectivity index (χ2v) is 5.42. The van der Waals surface area contributed by atoms with Crippen LogP contribution in [0.4, 0.5) is 0 Å². The first kappa shape index (κ1) is 14.0. The standard InChI is InChI=1S/C13H19N3O2S/c1-2-11(14)13(18)16-6-4-15(5-7-16)12(17)10-3-8-19-9-10/h3,8-9,11H,2,4-7,14H2,1H3. The van der Waals surface area contributed by atoms with Gasteiger partial charge in [-0.1, -0.05) is 6.92 Å². The van der Waals surface area contributed by atoms with E-state index in [4.69, 9.17) is 5.73 Å². The van der Waals surface area contributed by atoms with Crippen molar-refractivity contribution >= 4 is 23.2 Å². The molecular formula is C13H19N3O2S. The number of thiophene rings is 1. The van der Waals surface area contributed by atoms with Crippen LogP contribution in [0, 0.1) is 0 Å². The fraction of sp³-hybridized carbons (Fsp3) is 0.538. The average Bonchev–Trinajstić information content (AvgIpc) is 2.99. The zero-order chi connectivity index (χ0) is 13.8. The third-order valence-corrected chi connectivity index (χ3v) is 4.09.